The monoisotopic (exact) mass is 355 g/mol. The van der Waals surface area contributed by atoms with Crippen LogP contribution in [0, 0.1) is 20.8 Å². The van der Waals surface area contributed by atoms with E-state index in [1.54, 1.807) is 14.0 Å². The van der Waals surface area contributed by atoms with Crippen LogP contribution in [0.5, 0.6) is 11.5 Å². The fourth-order valence-electron chi connectivity index (χ4n) is 2.84. The molecule has 140 valence electrons. The molecule has 0 aliphatic heterocycles. The number of carbonyl (C=O) groups is 1. The maximum absolute atomic E-state index is 12.3. The highest BCUT2D eigenvalue weighted by molar-refractivity contribution is 5.80. The molecule has 0 radical (unpaired) electrons. The summed E-state index contributed by atoms with van der Waals surface area (Å²) in [6.07, 6.45) is 1.24. The van der Waals surface area contributed by atoms with Gasteiger partial charge in [-0.2, -0.15) is 0 Å². The Morgan fingerprint density at radius 2 is 1.92 bits per heavy atom. The molecule has 0 saturated heterocycles. The van der Waals surface area contributed by atoms with Crippen LogP contribution in [0.1, 0.15) is 35.6 Å². The van der Waals surface area contributed by atoms with E-state index in [4.69, 9.17) is 9.47 Å². The second-order valence-electron chi connectivity index (χ2n) is 6.71. The van der Waals surface area contributed by atoms with E-state index in [0.29, 0.717) is 6.54 Å². The average Bonchev–Trinajstić information content (AvgIpc) is 2.62. The maximum atomic E-state index is 12.3. The molecule has 2 rings (SSSR count). The van der Waals surface area contributed by atoms with Crippen molar-refractivity contribution in [1.29, 1.82) is 0 Å². The highest BCUT2D eigenvalue weighted by Crippen LogP contribution is 2.24. The zero-order valence-corrected chi connectivity index (χ0v) is 16.4. The number of amides is 1. The number of methoxy groups -OCH3 is 1. The van der Waals surface area contributed by atoms with E-state index >= 15 is 0 Å². The van der Waals surface area contributed by atoms with Crippen molar-refractivity contribution in [3.63, 3.8) is 0 Å². The van der Waals surface area contributed by atoms with E-state index in [1.165, 1.54) is 11.1 Å². The van der Waals surface area contributed by atoms with E-state index < -0.39 is 6.10 Å². The lowest BCUT2D eigenvalue weighted by Gasteiger charge is -2.18. The molecule has 4 nitrogen and oxygen atoms in total. The van der Waals surface area contributed by atoms with Crippen LogP contribution < -0.4 is 14.8 Å². The van der Waals surface area contributed by atoms with Gasteiger partial charge in [0.1, 0.15) is 11.5 Å². The lowest BCUT2D eigenvalue weighted by Crippen LogP contribution is -2.37. The van der Waals surface area contributed by atoms with Crippen LogP contribution in [-0.4, -0.2) is 25.7 Å². The SMILES string of the molecule is COc1cccc(CCCNC(=O)[C@H](C)Oc2cc(C)cc(C)c2C)c1. The quantitative estimate of drug-likeness (QED) is 0.724. The zero-order valence-electron chi connectivity index (χ0n) is 16.4. The van der Waals surface area contributed by atoms with Gasteiger partial charge in [0.05, 0.1) is 7.11 Å². The van der Waals surface area contributed by atoms with E-state index in [2.05, 4.69) is 24.4 Å². The van der Waals surface area contributed by atoms with Crippen molar-refractivity contribution in [2.75, 3.05) is 13.7 Å². The van der Waals surface area contributed by atoms with Gasteiger partial charge in [-0.1, -0.05) is 18.2 Å². The molecule has 0 saturated carbocycles. The van der Waals surface area contributed by atoms with Gasteiger partial charge in [-0.05, 0) is 81.0 Å². The molecule has 0 aliphatic rings. The summed E-state index contributed by atoms with van der Waals surface area (Å²) < 4.78 is 11.1. The van der Waals surface area contributed by atoms with Gasteiger partial charge in [0.15, 0.2) is 6.10 Å². The summed E-state index contributed by atoms with van der Waals surface area (Å²) in [6.45, 7) is 8.51. The standard InChI is InChI=1S/C22H29NO3/c1-15-12-16(2)17(3)21(13-15)26-18(4)22(24)23-11-7-9-19-8-6-10-20(14-19)25-5/h6,8,10,12-14,18H,7,9,11H2,1-5H3,(H,23,24)/t18-/m0/s1. The number of nitrogens with one attached hydrogen (secondary N) is 1. The van der Waals surface area contributed by atoms with Gasteiger partial charge in [-0.25, -0.2) is 0 Å². The van der Waals surface area contributed by atoms with Crippen molar-refractivity contribution >= 4 is 5.91 Å². The Bertz CT molecular complexity index is 755. The van der Waals surface area contributed by atoms with E-state index in [9.17, 15) is 4.79 Å². The second-order valence-corrected chi connectivity index (χ2v) is 6.71. The molecule has 2 aromatic carbocycles. The first-order valence-corrected chi connectivity index (χ1v) is 9.06. The summed E-state index contributed by atoms with van der Waals surface area (Å²) in [5.41, 5.74) is 4.59. The number of aryl methyl sites for hydroxylation is 3. The van der Waals surface area contributed by atoms with E-state index in [1.807, 2.05) is 38.1 Å². The van der Waals surface area contributed by atoms with E-state index in [-0.39, 0.29) is 5.91 Å². The van der Waals surface area contributed by atoms with Crippen LogP contribution in [0.4, 0.5) is 0 Å². The van der Waals surface area contributed by atoms with Gasteiger partial charge >= 0.3 is 0 Å². The Hall–Kier alpha value is -2.49. The molecule has 0 aromatic heterocycles. The van der Waals surface area contributed by atoms with Gasteiger partial charge < -0.3 is 14.8 Å². The van der Waals surface area contributed by atoms with Crippen molar-refractivity contribution < 1.29 is 14.3 Å². The Morgan fingerprint density at radius 3 is 2.65 bits per heavy atom. The zero-order chi connectivity index (χ0) is 19.1. The molecular formula is C22H29NO3. The normalized spacial score (nSPS) is 11.7. The molecule has 4 heteroatoms. The summed E-state index contributed by atoms with van der Waals surface area (Å²) in [7, 11) is 1.66. The molecule has 0 spiro atoms. The average molecular weight is 355 g/mol. The van der Waals surface area contributed by atoms with Crippen molar-refractivity contribution in [3.8, 4) is 11.5 Å². The number of benzene rings is 2. The fourth-order valence-corrected chi connectivity index (χ4v) is 2.84. The summed E-state index contributed by atoms with van der Waals surface area (Å²) >= 11 is 0. The molecule has 26 heavy (non-hydrogen) atoms. The smallest absolute Gasteiger partial charge is 0.260 e. The van der Waals surface area contributed by atoms with Crippen LogP contribution in [0.25, 0.3) is 0 Å². The third-order valence-electron chi connectivity index (χ3n) is 4.51. The lowest BCUT2D eigenvalue weighted by atomic mass is 10.1. The number of hydrogen-bond donors (Lipinski definition) is 1. The summed E-state index contributed by atoms with van der Waals surface area (Å²) in [5.74, 6) is 1.55. The van der Waals surface area contributed by atoms with Crippen LogP contribution in [0.3, 0.4) is 0 Å². The molecular weight excluding hydrogens is 326 g/mol. The molecule has 0 unspecified atom stereocenters. The van der Waals surface area contributed by atoms with Gasteiger partial charge in [0, 0.05) is 6.54 Å². The Labute approximate surface area is 156 Å². The summed E-state index contributed by atoms with van der Waals surface area (Å²) in [4.78, 5) is 12.3. The number of rotatable bonds is 8. The first kappa shape index (κ1) is 19.8. The highest BCUT2D eigenvalue weighted by Gasteiger charge is 2.16. The van der Waals surface area contributed by atoms with Gasteiger partial charge in [0.2, 0.25) is 0 Å². The molecule has 0 bridgehead atoms. The minimum absolute atomic E-state index is 0.0887. The molecule has 2 aromatic rings. The first-order valence-electron chi connectivity index (χ1n) is 9.06. The molecule has 0 aliphatic carbocycles. The fraction of sp³-hybridized carbons (Fsp3) is 0.409. The molecule has 0 fully saturated rings. The molecule has 1 N–H and O–H groups in total. The summed E-state index contributed by atoms with van der Waals surface area (Å²) in [6, 6.07) is 12.1. The van der Waals surface area contributed by atoms with Crippen molar-refractivity contribution in [3.05, 3.63) is 58.7 Å². The van der Waals surface area contributed by atoms with Gasteiger partial charge in [-0.3, -0.25) is 4.79 Å². The topological polar surface area (TPSA) is 47.6 Å². The second kappa shape index (κ2) is 9.27. The Balaban J connectivity index is 1.80. The van der Waals surface area contributed by atoms with Crippen LogP contribution in [0.15, 0.2) is 36.4 Å². The van der Waals surface area contributed by atoms with Crippen molar-refractivity contribution in [2.45, 2.75) is 46.6 Å². The highest BCUT2D eigenvalue weighted by atomic mass is 16.5. The predicted molar refractivity (Wildman–Crippen MR) is 105 cm³/mol. The maximum Gasteiger partial charge on any atom is 0.260 e. The van der Waals surface area contributed by atoms with Crippen molar-refractivity contribution in [1.82, 2.24) is 5.32 Å². The van der Waals surface area contributed by atoms with Gasteiger partial charge in [-0.15, -0.1) is 0 Å². The number of ether oxygens (including phenoxy) is 2. The summed E-state index contributed by atoms with van der Waals surface area (Å²) in [5, 5.41) is 2.96. The van der Waals surface area contributed by atoms with Crippen LogP contribution >= 0.6 is 0 Å². The minimum atomic E-state index is -0.522. The molecule has 0 heterocycles. The first-order chi connectivity index (χ1) is 12.4. The largest absolute Gasteiger partial charge is 0.497 e. The number of hydrogen-bond acceptors (Lipinski definition) is 3. The predicted octanol–water partition coefficient (Wildman–Crippen LogP) is 4.14. The third-order valence-corrected chi connectivity index (χ3v) is 4.51. The third kappa shape index (κ3) is 5.51. The van der Waals surface area contributed by atoms with Crippen LogP contribution in [0.2, 0.25) is 0 Å². The van der Waals surface area contributed by atoms with Crippen molar-refractivity contribution in [2.24, 2.45) is 0 Å². The van der Waals surface area contributed by atoms with Gasteiger partial charge in [0.25, 0.3) is 5.91 Å². The van der Waals surface area contributed by atoms with Crippen LogP contribution in [-0.2, 0) is 11.2 Å². The number of carbonyl (C=O) groups excluding carboxylic acids is 1. The lowest BCUT2D eigenvalue weighted by molar-refractivity contribution is -0.127. The Morgan fingerprint density at radius 1 is 1.15 bits per heavy atom. The minimum Gasteiger partial charge on any atom is -0.497 e. The van der Waals surface area contributed by atoms with E-state index in [0.717, 1.165) is 35.5 Å². The molecule has 1 atom stereocenters. The molecule has 1 amide bonds. The Kier molecular flexibility index (Phi) is 7.07.